The Hall–Kier alpha value is -1.81. The van der Waals surface area contributed by atoms with E-state index in [0.717, 1.165) is 34.5 Å². The second kappa shape index (κ2) is 5.90. The normalized spacial score (nSPS) is 11.0. The van der Waals surface area contributed by atoms with E-state index in [1.807, 2.05) is 12.1 Å². The topological polar surface area (TPSA) is 26.5 Å². The summed E-state index contributed by atoms with van der Waals surface area (Å²) in [5.41, 5.74) is 3.60. The van der Waals surface area contributed by atoms with E-state index in [1.54, 1.807) is 7.11 Å². The van der Waals surface area contributed by atoms with Gasteiger partial charge < -0.3 is 9.14 Å². The van der Waals surface area contributed by atoms with Crippen molar-refractivity contribution in [1.82, 2.24) is 9.38 Å². The van der Waals surface area contributed by atoms with Gasteiger partial charge in [0.2, 0.25) is 0 Å². The number of pyridine rings is 1. The first-order valence-corrected chi connectivity index (χ1v) is 7.72. The lowest BCUT2D eigenvalue weighted by Crippen LogP contribution is -1.98. The van der Waals surface area contributed by atoms with Gasteiger partial charge in [0.15, 0.2) is 0 Å². The third kappa shape index (κ3) is 2.95. The molecule has 108 valence electrons. The first kappa shape index (κ1) is 14.1. The molecule has 3 rings (SSSR count). The van der Waals surface area contributed by atoms with Crippen molar-refractivity contribution in [2.75, 3.05) is 7.11 Å². The molecule has 3 nitrogen and oxygen atoms in total. The summed E-state index contributed by atoms with van der Waals surface area (Å²) in [6, 6.07) is 12.4. The van der Waals surface area contributed by atoms with Crippen molar-refractivity contribution in [2.24, 2.45) is 0 Å². The van der Waals surface area contributed by atoms with Gasteiger partial charge in [0, 0.05) is 12.6 Å². The maximum atomic E-state index is 5.27. The van der Waals surface area contributed by atoms with Crippen molar-refractivity contribution in [1.29, 1.82) is 0 Å². The predicted octanol–water partition coefficient (Wildman–Crippen LogP) is 4.20. The van der Waals surface area contributed by atoms with Gasteiger partial charge in [-0.2, -0.15) is 0 Å². The molecule has 21 heavy (non-hydrogen) atoms. The van der Waals surface area contributed by atoms with Crippen LogP contribution in [0, 0.1) is 6.92 Å². The van der Waals surface area contributed by atoms with E-state index < -0.39 is 0 Å². The Morgan fingerprint density at radius 3 is 2.86 bits per heavy atom. The first-order valence-electron chi connectivity index (χ1n) is 6.93. The summed E-state index contributed by atoms with van der Waals surface area (Å²) in [4.78, 5) is 4.64. The molecular weight excluding hydrogens is 328 g/mol. The van der Waals surface area contributed by atoms with Crippen molar-refractivity contribution in [3.8, 4) is 5.75 Å². The summed E-state index contributed by atoms with van der Waals surface area (Å²) in [7, 11) is 1.70. The molecule has 0 radical (unpaired) electrons. The minimum Gasteiger partial charge on any atom is -0.497 e. The van der Waals surface area contributed by atoms with Gasteiger partial charge in [0.25, 0.3) is 0 Å². The van der Waals surface area contributed by atoms with Crippen LogP contribution in [0.2, 0.25) is 0 Å². The van der Waals surface area contributed by atoms with E-state index in [-0.39, 0.29) is 0 Å². The van der Waals surface area contributed by atoms with Gasteiger partial charge >= 0.3 is 0 Å². The molecule has 2 heterocycles. The van der Waals surface area contributed by atoms with Crippen molar-refractivity contribution in [3.63, 3.8) is 0 Å². The molecule has 0 aliphatic heterocycles. The van der Waals surface area contributed by atoms with Crippen LogP contribution in [-0.4, -0.2) is 16.5 Å². The molecule has 0 aliphatic rings. The Morgan fingerprint density at radius 2 is 2.05 bits per heavy atom. The fourth-order valence-corrected chi connectivity index (χ4v) is 3.00. The molecule has 0 spiro atoms. The largest absolute Gasteiger partial charge is 0.497 e. The number of methoxy groups -OCH3 is 1. The Balaban J connectivity index is 1.86. The summed E-state index contributed by atoms with van der Waals surface area (Å²) in [5, 5.41) is 0. The van der Waals surface area contributed by atoms with Gasteiger partial charge in [-0.1, -0.05) is 18.2 Å². The van der Waals surface area contributed by atoms with Crippen LogP contribution >= 0.6 is 15.9 Å². The number of rotatable bonds is 4. The van der Waals surface area contributed by atoms with Crippen LogP contribution in [0.15, 0.2) is 47.2 Å². The average molecular weight is 345 g/mol. The quantitative estimate of drug-likeness (QED) is 0.709. The number of nitrogens with zero attached hydrogens (tertiary/aromatic N) is 2. The van der Waals surface area contributed by atoms with Crippen molar-refractivity contribution < 1.29 is 4.74 Å². The van der Waals surface area contributed by atoms with Crippen molar-refractivity contribution in [2.45, 2.75) is 19.8 Å². The Labute approximate surface area is 132 Å². The number of aromatic nitrogens is 2. The van der Waals surface area contributed by atoms with Crippen LogP contribution in [0.4, 0.5) is 0 Å². The summed E-state index contributed by atoms with van der Waals surface area (Å²) in [5.74, 6) is 1.97. The number of ether oxygens (including phenoxy) is 1. The maximum absolute atomic E-state index is 5.27. The van der Waals surface area contributed by atoms with Gasteiger partial charge in [-0.15, -0.1) is 0 Å². The molecule has 1 aromatic carbocycles. The number of benzene rings is 1. The highest BCUT2D eigenvalue weighted by atomic mass is 79.9. The zero-order valence-corrected chi connectivity index (χ0v) is 13.7. The van der Waals surface area contributed by atoms with Crippen LogP contribution in [0.5, 0.6) is 5.75 Å². The third-order valence-electron chi connectivity index (χ3n) is 3.58. The minimum atomic E-state index is 0.892. The molecule has 3 aromatic rings. The van der Waals surface area contributed by atoms with Crippen LogP contribution in [0.3, 0.4) is 0 Å². The summed E-state index contributed by atoms with van der Waals surface area (Å²) in [6.07, 6.45) is 3.97. The van der Waals surface area contributed by atoms with Gasteiger partial charge in [0.05, 0.1) is 12.6 Å². The van der Waals surface area contributed by atoms with Crippen LogP contribution in [-0.2, 0) is 12.8 Å². The Bertz CT molecular complexity index is 780. The highest BCUT2D eigenvalue weighted by Gasteiger charge is 2.09. The van der Waals surface area contributed by atoms with E-state index in [2.05, 4.69) is 62.7 Å². The Morgan fingerprint density at radius 1 is 1.19 bits per heavy atom. The summed E-state index contributed by atoms with van der Waals surface area (Å²) in [6.45, 7) is 2.10. The standard InChI is InChI=1S/C17H17BrN2O/c1-12-6-8-15-17(18)19-16(20(15)11-12)9-7-13-4-3-5-14(10-13)21-2/h3-6,8,10-11H,7,9H2,1-2H3. The molecule has 0 bridgehead atoms. The van der Waals surface area contributed by atoms with Crippen LogP contribution < -0.4 is 4.74 Å². The van der Waals surface area contributed by atoms with Crippen molar-refractivity contribution >= 4 is 21.4 Å². The first-order chi connectivity index (χ1) is 10.2. The number of aryl methyl sites for hydroxylation is 3. The van der Waals surface area contributed by atoms with E-state index >= 15 is 0 Å². The molecule has 0 fully saturated rings. The molecule has 4 heteroatoms. The molecule has 0 unspecified atom stereocenters. The van der Waals surface area contributed by atoms with Gasteiger partial charge in [-0.3, -0.25) is 0 Å². The van der Waals surface area contributed by atoms with Gasteiger partial charge in [-0.05, 0) is 58.6 Å². The van der Waals surface area contributed by atoms with E-state index in [9.17, 15) is 0 Å². The Kier molecular flexibility index (Phi) is 3.97. The third-order valence-corrected chi connectivity index (χ3v) is 4.17. The van der Waals surface area contributed by atoms with Crippen LogP contribution in [0.25, 0.3) is 5.52 Å². The molecule has 0 saturated carbocycles. The monoisotopic (exact) mass is 344 g/mol. The number of imidazole rings is 1. The van der Waals surface area contributed by atoms with Crippen LogP contribution in [0.1, 0.15) is 17.0 Å². The SMILES string of the molecule is COc1cccc(CCc2nc(Br)c3ccc(C)cn23)c1. The second-order valence-electron chi connectivity index (χ2n) is 5.13. The fourth-order valence-electron chi connectivity index (χ4n) is 2.47. The van der Waals surface area contributed by atoms with E-state index in [1.165, 1.54) is 11.1 Å². The molecule has 0 N–H and O–H groups in total. The average Bonchev–Trinajstić information content (AvgIpc) is 2.81. The van der Waals surface area contributed by atoms with Gasteiger partial charge in [-0.25, -0.2) is 4.98 Å². The zero-order valence-electron chi connectivity index (χ0n) is 12.1. The molecular formula is C17H17BrN2O. The smallest absolute Gasteiger partial charge is 0.132 e. The zero-order chi connectivity index (χ0) is 14.8. The number of hydrogen-bond donors (Lipinski definition) is 0. The molecule has 2 aromatic heterocycles. The fraction of sp³-hybridized carbons (Fsp3) is 0.235. The lowest BCUT2D eigenvalue weighted by molar-refractivity contribution is 0.414. The molecule has 0 atom stereocenters. The van der Waals surface area contributed by atoms with Crippen molar-refractivity contribution in [3.05, 3.63) is 64.1 Å². The summed E-state index contributed by atoms with van der Waals surface area (Å²) < 4.78 is 8.34. The molecule has 0 saturated heterocycles. The van der Waals surface area contributed by atoms with Gasteiger partial charge in [0.1, 0.15) is 16.2 Å². The number of hydrogen-bond acceptors (Lipinski definition) is 2. The van der Waals surface area contributed by atoms with E-state index in [0.29, 0.717) is 0 Å². The highest BCUT2D eigenvalue weighted by Crippen LogP contribution is 2.21. The number of fused-ring (bicyclic) bond motifs is 1. The molecule has 0 amide bonds. The number of halogens is 1. The lowest BCUT2D eigenvalue weighted by Gasteiger charge is -2.05. The minimum absolute atomic E-state index is 0.892. The highest BCUT2D eigenvalue weighted by molar-refractivity contribution is 9.10. The predicted molar refractivity (Wildman–Crippen MR) is 88.0 cm³/mol. The summed E-state index contributed by atoms with van der Waals surface area (Å²) >= 11 is 3.54. The lowest BCUT2D eigenvalue weighted by atomic mass is 10.1. The molecule has 0 aliphatic carbocycles. The van der Waals surface area contributed by atoms with E-state index in [4.69, 9.17) is 4.74 Å². The second-order valence-corrected chi connectivity index (χ2v) is 5.88. The maximum Gasteiger partial charge on any atom is 0.132 e.